The lowest BCUT2D eigenvalue weighted by molar-refractivity contribution is -0.126. The van der Waals surface area contributed by atoms with Gasteiger partial charge in [0.1, 0.15) is 0 Å². The van der Waals surface area contributed by atoms with E-state index in [9.17, 15) is 4.79 Å². The van der Waals surface area contributed by atoms with Gasteiger partial charge in [0.2, 0.25) is 5.91 Å². The van der Waals surface area contributed by atoms with Gasteiger partial charge in [-0.25, -0.2) is 0 Å². The van der Waals surface area contributed by atoms with Gasteiger partial charge in [0.05, 0.1) is 5.41 Å². The number of para-hydroxylation sites is 1. The first-order valence-electron chi connectivity index (χ1n) is 6.31. The fraction of sp³-hybridized carbons (Fsp3) is 0.500. The van der Waals surface area contributed by atoms with E-state index in [1.165, 1.54) is 5.56 Å². The second-order valence-corrected chi connectivity index (χ2v) is 5.32. The Morgan fingerprint density at radius 1 is 1.41 bits per heavy atom. The Bertz CT molecular complexity index is 449. The van der Waals surface area contributed by atoms with Crippen molar-refractivity contribution in [1.29, 1.82) is 0 Å². The predicted octanol–water partition coefficient (Wildman–Crippen LogP) is 1.58. The van der Waals surface area contributed by atoms with Crippen molar-refractivity contribution >= 4 is 11.6 Å². The summed E-state index contributed by atoms with van der Waals surface area (Å²) in [5.41, 5.74) is 2.21. The Balaban J connectivity index is 1.89. The molecule has 2 aliphatic heterocycles. The van der Waals surface area contributed by atoms with Crippen LogP contribution in [-0.4, -0.2) is 25.5 Å². The van der Waals surface area contributed by atoms with Crippen molar-refractivity contribution in [3.8, 4) is 0 Å². The first-order chi connectivity index (χ1) is 8.21. The molecule has 1 saturated heterocycles. The van der Waals surface area contributed by atoms with Crippen LogP contribution in [0.2, 0.25) is 0 Å². The van der Waals surface area contributed by atoms with Gasteiger partial charge in [0.25, 0.3) is 0 Å². The highest BCUT2D eigenvalue weighted by molar-refractivity contribution is 5.99. The topological polar surface area (TPSA) is 32.3 Å². The first-order valence-corrected chi connectivity index (χ1v) is 6.31. The number of nitrogens with one attached hydrogen (secondary N) is 1. The Morgan fingerprint density at radius 3 is 3.00 bits per heavy atom. The van der Waals surface area contributed by atoms with Gasteiger partial charge in [-0.1, -0.05) is 18.2 Å². The molecule has 3 nitrogen and oxygen atoms in total. The predicted molar refractivity (Wildman–Crippen MR) is 68.1 cm³/mol. The van der Waals surface area contributed by atoms with Gasteiger partial charge in [0, 0.05) is 18.8 Å². The molecule has 2 heterocycles. The Morgan fingerprint density at radius 2 is 2.24 bits per heavy atom. The van der Waals surface area contributed by atoms with Crippen LogP contribution in [0.4, 0.5) is 5.69 Å². The minimum Gasteiger partial charge on any atom is -0.316 e. The minimum atomic E-state index is -0.211. The maximum Gasteiger partial charge on any atom is 0.234 e. The normalized spacial score (nSPS) is 27.2. The van der Waals surface area contributed by atoms with Gasteiger partial charge in [-0.2, -0.15) is 0 Å². The monoisotopic (exact) mass is 230 g/mol. The molecule has 0 aliphatic carbocycles. The highest BCUT2D eigenvalue weighted by Crippen LogP contribution is 2.34. The third-order valence-electron chi connectivity index (χ3n) is 4.02. The molecule has 0 aromatic heterocycles. The maximum absolute atomic E-state index is 12.6. The molecule has 0 bridgehead atoms. The zero-order valence-electron chi connectivity index (χ0n) is 10.2. The van der Waals surface area contributed by atoms with Crippen molar-refractivity contribution in [1.82, 2.24) is 5.32 Å². The summed E-state index contributed by atoms with van der Waals surface area (Å²) in [5, 5.41) is 3.29. The number of benzene rings is 1. The molecule has 1 amide bonds. The van der Waals surface area contributed by atoms with E-state index >= 15 is 0 Å². The van der Waals surface area contributed by atoms with E-state index in [4.69, 9.17) is 0 Å². The van der Waals surface area contributed by atoms with E-state index in [1.807, 2.05) is 17.0 Å². The quantitative estimate of drug-likeness (QED) is 0.794. The summed E-state index contributed by atoms with van der Waals surface area (Å²) in [7, 11) is 0. The smallest absolute Gasteiger partial charge is 0.234 e. The van der Waals surface area contributed by atoms with Gasteiger partial charge in [-0.3, -0.25) is 4.79 Å². The second-order valence-electron chi connectivity index (χ2n) is 5.32. The van der Waals surface area contributed by atoms with Gasteiger partial charge >= 0.3 is 0 Å². The van der Waals surface area contributed by atoms with E-state index in [0.717, 1.165) is 38.2 Å². The highest BCUT2D eigenvalue weighted by atomic mass is 16.2. The molecule has 1 fully saturated rings. The fourth-order valence-corrected chi connectivity index (χ4v) is 2.87. The summed E-state index contributed by atoms with van der Waals surface area (Å²) in [6.45, 7) is 4.69. The van der Waals surface area contributed by atoms with E-state index in [1.54, 1.807) is 0 Å². The van der Waals surface area contributed by atoms with Gasteiger partial charge in [-0.15, -0.1) is 0 Å². The molecule has 1 N–H and O–H groups in total. The Hall–Kier alpha value is -1.35. The van der Waals surface area contributed by atoms with Crippen molar-refractivity contribution in [2.24, 2.45) is 5.41 Å². The first kappa shape index (κ1) is 10.8. The number of fused-ring (bicyclic) bond motifs is 1. The largest absolute Gasteiger partial charge is 0.316 e. The number of carbonyl (C=O) groups is 1. The molecule has 90 valence electrons. The number of anilines is 1. The van der Waals surface area contributed by atoms with Crippen LogP contribution >= 0.6 is 0 Å². The highest BCUT2D eigenvalue weighted by Gasteiger charge is 2.41. The third-order valence-corrected chi connectivity index (χ3v) is 4.02. The standard InChI is InChI=1S/C14H18N2O/c1-14(7-8-15-10-14)13(17)16-9-6-11-4-2-3-5-12(11)16/h2-5,15H,6-10H2,1H3. The number of hydrogen-bond donors (Lipinski definition) is 1. The van der Waals surface area contributed by atoms with E-state index < -0.39 is 0 Å². The molecule has 3 heteroatoms. The van der Waals surface area contributed by atoms with Crippen LogP contribution in [-0.2, 0) is 11.2 Å². The SMILES string of the molecule is CC1(C(=O)N2CCc3ccccc32)CCNC1. The molecule has 0 saturated carbocycles. The Labute approximate surface area is 102 Å². The van der Waals surface area contributed by atoms with E-state index in [-0.39, 0.29) is 11.3 Å². The summed E-state index contributed by atoms with van der Waals surface area (Å²) in [4.78, 5) is 14.6. The summed E-state index contributed by atoms with van der Waals surface area (Å²) < 4.78 is 0. The molecular formula is C14H18N2O. The molecule has 1 aromatic carbocycles. The molecule has 0 radical (unpaired) electrons. The number of rotatable bonds is 1. The van der Waals surface area contributed by atoms with Crippen molar-refractivity contribution in [3.05, 3.63) is 29.8 Å². The van der Waals surface area contributed by atoms with Crippen LogP contribution in [0, 0.1) is 5.41 Å². The lowest BCUT2D eigenvalue weighted by Gasteiger charge is -2.28. The molecular weight excluding hydrogens is 212 g/mol. The zero-order valence-corrected chi connectivity index (χ0v) is 10.2. The van der Waals surface area contributed by atoms with Gasteiger partial charge in [-0.05, 0) is 37.9 Å². The number of amides is 1. The molecule has 2 aliphatic rings. The molecule has 0 spiro atoms. The fourth-order valence-electron chi connectivity index (χ4n) is 2.87. The molecule has 1 aromatic rings. The molecule has 1 atom stereocenters. The average Bonchev–Trinajstić information content (AvgIpc) is 2.95. The summed E-state index contributed by atoms with van der Waals surface area (Å²) in [6.07, 6.45) is 1.94. The maximum atomic E-state index is 12.6. The average molecular weight is 230 g/mol. The van der Waals surface area contributed by atoms with Crippen LogP contribution < -0.4 is 10.2 Å². The van der Waals surface area contributed by atoms with E-state index in [2.05, 4.69) is 24.4 Å². The lowest BCUT2D eigenvalue weighted by atomic mass is 9.88. The van der Waals surface area contributed by atoms with E-state index in [0.29, 0.717) is 0 Å². The summed E-state index contributed by atoms with van der Waals surface area (Å²) >= 11 is 0. The van der Waals surface area contributed by atoms with Crippen LogP contribution in [0.1, 0.15) is 18.9 Å². The number of carbonyl (C=O) groups excluding carboxylic acids is 1. The third kappa shape index (κ3) is 1.65. The van der Waals surface area contributed by atoms with Gasteiger partial charge in [0.15, 0.2) is 0 Å². The molecule has 1 unspecified atom stereocenters. The second kappa shape index (κ2) is 3.84. The lowest BCUT2D eigenvalue weighted by Crippen LogP contribution is -2.43. The molecule has 3 rings (SSSR count). The number of nitrogens with zero attached hydrogens (tertiary/aromatic N) is 1. The van der Waals surface area contributed by atoms with Crippen LogP contribution in [0.25, 0.3) is 0 Å². The van der Waals surface area contributed by atoms with Crippen molar-refractivity contribution in [3.63, 3.8) is 0 Å². The minimum absolute atomic E-state index is 0.211. The Kier molecular flexibility index (Phi) is 2.44. The van der Waals surface area contributed by atoms with Crippen molar-refractivity contribution in [2.45, 2.75) is 19.8 Å². The van der Waals surface area contributed by atoms with Gasteiger partial charge < -0.3 is 10.2 Å². The van der Waals surface area contributed by atoms with Crippen LogP contribution in [0.5, 0.6) is 0 Å². The zero-order chi connectivity index (χ0) is 11.9. The van der Waals surface area contributed by atoms with Crippen LogP contribution in [0.3, 0.4) is 0 Å². The number of hydrogen-bond acceptors (Lipinski definition) is 2. The van der Waals surface area contributed by atoms with Crippen molar-refractivity contribution < 1.29 is 4.79 Å². The molecule has 17 heavy (non-hydrogen) atoms. The van der Waals surface area contributed by atoms with Crippen LogP contribution in [0.15, 0.2) is 24.3 Å². The summed E-state index contributed by atoms with van der Waals surface area (Å²) in [6, 6.07) is 8.25. The van der Waals surface area contributed by atoms with Crippen molar-refractivity contribution in [2.75, 3.05) is 24.5 Å². The summed E-state index contributed by atoms with van der Waals surface area (Å²) in [5.74, 6) is 0.285.